The number of aryl methyl sites for hydroxylation is 1. The van der Waals surface area contributed by atoms with Gasteiger partial charge >= 0.3 is 0 Å². The molecule has 1 heteroatoms. The molecule has 0 nitrogen and oxygen atoms in total. The second-order valence-corrected chi connectivity index (χ2v) is 5.35. The van der Waals surface area contributed by atoms with Gasteiger partial charge in [0.1, 0.15) is 0 Å². The molecule has 0 spiro atoms. The highest BCUT2D eigenvalue weighted by atomic mass is 35.5. The van der Waals surface area contributed by atoms with Gasteiger partial charge in [-0.05, 0) is 48.4 Å². The van der Waals surface area contributed by atoms with E-state index in [2.05, 4.69) is 43.3 Å². The summed E-state index contributed by atoms with van der Waals surface area (Å²) in [6, 6.07) is 17.2. The minimum absolute atomic E-state index is 0.690. The predicted octanol–water partition coefficient (Wildman–Crippen LogP) is 4.92. The maximum atomic E-state index is 5.91. The van der Waals surface area contributed by atoms with Gasteiger partial charge in [-0.3, -0.25) is 0 Å². The van der Waals surface area contributed by atoms with Gasteiger partial charge in [-0.2, -0.15) is 0 Å². The Kier molecular flexibility index (Phi) is 2.68. The van der Waals surface area contributed by atoms with Crippen molar-refractivity contribution in [3.8, 4) is 0 Å². The standard InChI is InChI=1S/C16H15Cl/c1-11-2-4-12(5-3-11)15-10-16(15)13-6-8-14(17)9-7-13/h2-9,15-16H,10H2,1H3. The van der Waals surface area contributed by atoms with Crippen LogP contribution in [0.1, 0.15) is 34.9 Å². The maximum absolute atomic E-state index is 5.91. The third-order valence-corrected chi connectivity index (χ3v) is 3.85. The van der Waals surface area contributed by atoms with E-state index < -0.39 is 0 Å². The Hall–Kier alpha value is -1.27. The summed E-state index contributed by atoms with van der Waals surface area (Å²) in [6.07, 6.45) is 1.27. The number of rotatable bonds is 2. The smallest absolute Gasteiger partial charge is 0.0406 e. The molecular formula is C16H15Cl. The molecule has 0 N–H and O–H groups in total. The number of hydrogen-bond donors (Lipinski definition) is 0. The van der Waals surface area contributed by atoms with E-state index in [9.17, 15) is 0 Å². The number of hydrogen-bond acceptors (Lipinski definition) is 0. The van der Waals surface area contributed by atoms with Crippen molar-refractivity contribution in [3.63, 3.8) is 0 Å². The molecule has 2 aromatic carbocycles. The minimum atomic E-state index is 0.690. The van der Waals surface area contributed by atoms with Gasteiger partial charge in [-0.25, -0.2) is 0 Å². The van der Waals surface area contributed by atoms with E-state index in [0.717, 1.165) is 5.02 Å². The minimum Gasteiger partial charge on any atom is -0.0843 e. The molecule has 1 aliphatic rings. The summed E-state index contributed by atoms with van der Waals surface area (Å²) in [5.74, 6) is 1.40. The first-order valence-corrected chi connectivity index (χ1v) is 6.44. The average Bonchev–Trinajstić information content (AvgIpc) is 3.11. The zero-order valence-corrected chi connectivity index (χ0v) is 10.6. The molecule has 0 amide bonds. The van der Waals surface area contributed by atoms with Crippen LogP contribution in [0.2, 0.25) is 5.02 Å². The Labute approximate surface area is 107 Å². The number of halogens is 1. The van der Waals surface area contributed by atoms with Gasteiger partial charge in [0.25, 0.3) is 0 Å². The molecular weight excluding hydrogens is 228 g/mol. The van der Waals surface area contributed by atoms with Crippen molar-refractivity contribution in [3.05, 3.63) is 70.2 Å². The molecule has 0 aliphatic heterocycles. The summed E-state index contributed by atoms with van der Waals surface area (Å²) >= 11 is 5.91. The Balaban J connectivity index is 1.78. The highest BCUT2D eigenvalue weighted by Crippen LogP contribution is 2.54. The highest BCUT2D eigenvalue weighted by Gasteiger charge is 2.39. The van der Waals surface area contributed by atoms with Crippen molar-refractivity contribution >= 4 is 11.6 Å². The van der Waals surface area contributed by atoms with Gasteiger partial charge in [-0.1, -0.05) is 53.6 Å². The first kappa shape index (κ1) is 10.9. The zero-order chi connectivity index (χ0) is 11.8. The van der Waals surface area contributed by atoms with Gasteiger partial charge in [0.15, 0.2) is 0 Å². The largest absolute Gasteiger partial charge is 0.0843 e. The molecule has 2 unspecified atom stereocenters. The van der Waals surface area contributed by atoms with E-state index in [1.54, 1.807) is 0 Å². The maximum Gasteiger partial charge on any atom is 0.0406 e. The van der Waals surface area contributed by atoms with Crippen molar-refractivity contribution in [2.45, 2.75) is 25.2 Å². The summed E-state index contributed by atoms with van der Waals surface area (Å²) in [7, 11) is 0. The van der Waals surface area contributed by atoms with E-state index >= 15 is 0 Å². The monoisotopic (exact) mass is 242 g/mol. The molecule has 2 atom stereocenters. The van der Waals surface area contributed by atoms with Gasteiger partial charge < -0.3 is 0 Å². The van der Waals surface area contributed by atoms with Crippen LogP contribution >= 0.6 is 11.6 Å². The molecule has 0 saturated heterocycles. The molecule has 1 fully saturated rings. The fourth-order valence-electron chi connectivity index (χ4n) is 2.46. The van der Waals surface area contributed by atoms with Crippen LogP contribution in [-0.4, -0.2) is 0 Å². The molecule has 17 heavy (non-hydrogen) atoms. The molecule has 1 saturated carbocycles. The van der Waals surface area contributed by atoms with Crippen LogP contribution in [0.5, 0.6) is 0 Å². The van der Waals surface area contributed by atoms with E-state index in [1.165, 1.54) is 23.1 Å². The van der Waals surface area contributed by atoms with E-state index in [4.69, 9.17) is 11.6 Å². The van der Waals surface area contributed by atoms with Crippen LogP contribution in [-0.2, 0) is 0 Å². The van der Waals surface area contributed by atoms with Gasteiger partial charge in [-0.15, -0.1) is 0 Å². The Morgan fingerprint density at radius 1 is 0.824 bits per heavy atom. The molecule has 1 aliphatic carbocycles. The van der Waals surface area contributed by atoms with Crippen molar-refractivity contribution in [1.29, 1.82) is 0 Å². The SMILES string of the molecule is Cc1ccc(C2CC2c2ccc(Cl)cc2)cc1. The van der Waals surface area contributed by atoms with Crippen molar-refractivity contribution in [2.24, 2.45) is 0 Å². The van der Waals surface area contributed by atoms with E-state index in [-0.39, 0.29) is 0 Å². The summed E-state index contributed by atoms with van der Waals surface area (Å²) in [5, 5.41) is 0.821. The number of benzene rings is 2. The summed E-state index contributed by atoms with van der Waals surface area (Å²) < 4.78 is 0. The van der Waals surface area contributed by atoms with Crippen LogP contribution in [0.4, 0.5) is 0 Å². The summed E-state index contributed by atoms with van der Waals surface area (Å²) in [5.41, 5.74) is 4.22. The first-order valence-electron chi connectivity index (χ1n) is 6.06. The van der Waals surface area contributed by atoms with Crippen molar-refractivity contribution < 1.29 is 0 Å². The third-order valence-electron chi connectivity index (χ3n) is 3.59. The normalized spacial score (nSPS) is 22.5. The van der Waals surface area contributed by atoms with Crippen LogP contribution in [0, 0.1) is 6.92 Å². The second kappa shape index (κ2) is 4.19. The average molecular weight is 243 g/mol. The van der Waals surface area contributed by atoms with Crippen LogP contribution in [0.15, 0.2) is 48.5 Å². The van der Waals surface area contributed by atoms with Crippen LogP contribution in [0.25, 0.3) is 0 Å². The lowest BCUT2D eigenvalue weighted by Gasteiger charge is -2.02. The first-order chi connectivity index (χ1) is 8.24. The lowest BCUT2D eigenvalue weighted by molar-refractivity contribution is 1.02. The summed E-state index contributed by atoms with van der Waals surface area (Å²) in [4.78, 5) is 0. The zero-order valence-electron chi connectivity index (χ0n) is 9.86. The predicted molar refractivity (Wildman–Crippen MR) is 72.7 cm³/mol. The van der Waals surface area contributed by atoms with E-state index in [1.807, 2.05) is 12.1 Å². The quantitative estimate of drug-likeness (QED) is 0.701. The molecule has 86 valence electrons. The molecule has 0 aromatic heterocycles. The van der Waals surface area contributed by atoms with Crippen LogP contribution in [0.3, 0.4) is 0 Å². The lowest BCUT2D eigenvalue weighted by atomic mass is 10.0. The Morgan fingerprint density at radius 2 is 1.29 bits per heavy atom. The van der Waals surface area contributed by atoms with Gasteiger partial charge in [0, 0.05) is 5.02 Å². The highest BCUT2D eigenvalue weighted by molar-refractivity contribution is 6.30. The molecule has 0 heterocycles. The summed E-state index contributed by atoms with van der Waals surface area (Å²) in [6.45, 7) is 2.13. The molecule has 0 radical (unpaired) electrons. The van der Waals surface area contributed by atoms with Gasteiger partial charge in [0.2, 0.25) is 0 Å². The van der Waals surface area contributed by atoms with Gasteiger partial charge in [0.05, 0.1) is 0 Å². The molecule has 3 rings (SSSR count). The van der Waals surface area contributed by atoms with Crippen molar-refractivity contribution in [1.82, 2.24) is 0 Å². The Bertz CT molecular complexity index is 461. The molecule has 0 bridgehead atoms. The fourth-order valence-corrected chi connectivity index (χ4v) is 2.58. The van der Waals surface area contributed by atoms with E-state index in [0.29, 0.717) is 11.8 Å². The Morgan fingerprint density at radius 3 is 1.82 bits per heavy atom. The lowest BCUT2D eigenvalue weighted by Crippen LogP contribution is -1.84. The fraction of sp³-hybridized carbons (Fsp3) is 0.250. The van der Waals surface area contributed by atoms with Crippen LogP contribution < -0.4 is 0 Å². The second-order valence-electron chi connectivity index (χ2n) is 4.91. The topological polar surface area (TPSA) is 0 Å². The molecule has 2 aromatic rings. The van der Waals surface area contributed by atoms with Crippen molar-refractivity contribution in [2.75, 3.05) is 0 Å². The third kappa shape index (κ3) is 2.23.